The van der Waals surface area contributed by atoms with Crippen molar-refractivity contribution in [3.05, 3.63) is 23.3 Å². The van der Waals surface area contributed by atoms with Crippen LogP contribution in [0.5, 0.6) is 0 Å². The highest BCUT2D eigenvalue weighted by atomic mass is 32.2. The molecule has 22 heavy (non-hydrogen) atoms. The third-order valence-electron chi connectivity index (χ3n) is 3.18. The van der Waals surface area contributed by atoms with E-state index in [0.29, 0.717) is 5.56 Å². The van der Waals surface area contributed by atoms with Crippen molar-refractivity contribution < 1.29 is 26.7 Å². The number of carboxylic acids is 1. The minimum atomic E-state index is -3.97. The summed E-state index contributed by atoms with van der Waals surface area (Å²) in [5.41, 5.74) is 0.631. The van der Waals surface area contributed by atoms with Gasteiger partial charge in [-0.15, -0.1) is 0 Å². The second kappa shape index (κ2) is 6.35. The van der Waals surface area contributed by atoms with Gasteiger partial charge in [0.2, 0.25) is 10.0 Å². The van der Waals surface area contributed by atoms with Gasteiger partial charge < -0.3 is 5.11 Å². The normalized spacial score (nSPS) is 12.6. The Balaban J connectivity index is 3.43. The van der Waals surface area contributed by atoms with Crippen LogP contribution in [0, 0.1) is 13.8 Å². The van der Waals surface area contributed by atoms with Crippen LogP contribution >= 0.6 is 0 Å². The quantitative estimate of drug-likeness (QED) is 0.814. The largest absolute Gasteiger partial charge is 0.481 e. The topological polar surface area (TPSA) is 109 Å². The van der Waals surface area contributed by atoms with Crippen LogP contribution in [0.1, 0.15) is 17.5 Å². The summed E-state index contributed by atoms with van der Waals surface area (Å²) in [5.74, 6) is -1.11. The lowest BCUT2D eigenvalue weighted by Gasteiger charge is -2.19. The molecule has 1 rings (SSSR count). The van der Waals surface area contributed by atoms with Crippen molar-refractivity contribution in [2.75, 3.05) is 19.8 Å². The van der Waals surface area contributed by atoms with E-state index in [4.69, 9.17) is 5.11 Å². The van der Waals surface area contributed by atoms with Crippen molar-refractivity contribution in [2.45, 2.75) is 30.1 Å². The fourth-order valence-corrected chi connectivity index (χ4v) is 4.62. The molecule has 7 nitrogen and oxygen atoms in total. The standard InChI is InChI=1S/C13H19NO6S2/c1-9-7-11(21(4,17)18)10(2)12(8-9)22(19,20)14(3)6-5-13(15)16/h7-8H,5-6H2,1-4H3,(H,15,16). The van der Waals surface area contributed by atoms with Crippen molar-refractivity contribution in [2.24, 2.45) is 0 Å². The summed E-state index contributed by atoms with van der Waals surface area (Å²) in [6.45, 7) is 2.83. The summed E-state index contributed by atoms with van der Waals surface area (Å²) in [6.07, 6.45) is 0.679. The third-order valence-corrected chi connectivity index (χ3v) is 6.39. The fourth-order valence-electron chi connectivity index (χ4n) is 1.99. The minimum absolute atomic E-state index is 0.0438. The molecule has 0 bridgehead atoms. The molecule has 0 amide bonds. The highest BCUT2D eigenvalue weighted by Crippen LogP contribution is 2.27. The molecule has 0 saturated carbocycles. The molecule has 1 aromatic carbocycles. The Hall–Kier alpha value is -1.45. The molecule has 0 aliphatic carbocycles. The molecule has 0 aliphatic rings. The summed E-state index contributed by atoms with van der Waals surface area (Å²) < 4.78 is 49.5. The lowest BCUT2D eigenvalue weighted by Crippen LogP contribution is -2.30. The zero-order chi connectivity index (χ0) is 17.3. The predicted octanol–water partition coefficient (Wildman–Crippen LogP) is 0.802. The Morgan fingerprint density at radius 1 is 1.14 bits per heavy atom. The molecule has 1 N–H and O–H groups in total. The van der Waals surface area contributed by atoms with Crippen LogP contribution in [0.15, 0.2) is 21.9 Å². The average Bonchev–Trinajstić information content (AvgIpc) is 2.36. The van der Waals surface area contributed by atoms with Crippen LogP contribution in [0.25, 0.3) is 0 Å². The third kappa shape index (κ3) is 4.05. The summed E-state index contributed by atoms with van der Waals surface area (Å²) >= 11 is 0. The molecule has 0 unspecified atom stereocenters. The van der Waals surface area contributed by atoms with Crippen LogP contribution in [-0.4, -0.2) is 52.1 Å². The maximum atomic E-state index is 12.5. The van der Waals surface area contributed by atoms with Gasteiger partial charge in [0.15, 0.2) is 9.84 Å². The van der Waals surface area contributed by atoms with Crippen molar-refractivity contribution in [3.8, 4) is 0 Å². The number of rotatable bonds is 6. The van der Waals surface area contributed by atoms with E-state index in [2.05, 4.69) is 0 Å². The number of sulfonamides is 1. The molecular formula is C13H19NO6S2. The number of hydrogen-bond acceptors (Lipinski definition) is 5. The number of aryl methyl sites for hydroxylation is 1. The highest BCUT2D eigenvalue weighted by Gasteiger charge is 2.26. The molecule has 0 heterocycles. The first kappa shape index (κ1) is 18.6. The van der Waals surface area contributed by atoms with Crippen LogP contribution < -0.4 is 0 Å². The molecule has 124 valence electrons. The van der Waals surface area contributed by atoms with Gasteiger partial charge >= 0.3 is 5.97 Å². The monoisotopic (exact) mass is 349 g/mol. The zero-order valence-corrected chi connectivity index (χ0v) is 14.5. The number of benzene rings is 1. The van der Waals surface area contributed by atoms with E-state index < -0.39 is 25.8 Å². The first-order chi connectivity index (χ1) is 9.87. The molecule has 0 saturated heterocycles. The molecular weight excluding hydrogens is 330 g/mol. The average molecular weight is 349 g/mol. The highest BCUT2D eigenvalue weighted by molar-refractivity contribution is 7.91. The Morgan fingerprint density at radius 3 is 2.09 bits per heavy atom. The van der Waals surface area contributed by atoms with Crippen molar-refractivity contribution >= 4 is 25.8 Å². The van der Waals surface area contributed by atoms with Gasteiger partial charge in [0, 0.05) is 19.8 Å². The lowest BCUT2D eigenvalue weighted by molar-refractivity contribution is -0.137. The van der Waals surface area contributed by atoms with E-state index in [9.17, 15) is 21.6 Å². The summed E-state index contributed by atoms with van der Waals surface area (Å²) in [6, 6.07) is 2.80. The van der Waals surface area contributed by atoms with Crippen LogP contribution in [0.4, 0.5) is 0 Å². The molecule has 9 heteroatoms. The second-order valence-electron chi connectivity index (χ2n) is 5.13. The van der Waals surface area contributed by atoms with Gasteiger partial charge in [-0.3, -0.25) is 4.79 Å². The van der Waals surface area contributed by atoms with Gasteiger partial charge in [-0.25, -0.2) is 21.1 Å². The first-order valence-corrected chi connectivity index (χ1v) is 9.70. The number of hydrogen-bond donors (Lipinski definition) is 1. The van der Waals surface area contributed by atoms with E-state index in [0.717, 1.165) is 10.6 Å². The van der Waals surface area contributed by atoms with E-state index >= 15 is 0 Å². The maximum absolute atomic E-state index is 12.5. The van der Waals surface area contributed by atoms with Crippen LogP contribution in [0.3, 0.4) is 0 Å². The zero-order valence-electron chi connectivity index (χ0n) is 12.8. The van der Waals surface area contributed by atoms with Gasteiger partial charge in [-0.2, -0.15) is 0 Å². The van der Waals surface area contributed by atoms with E-state index in [1.165, 1.54) is 26.1 Å². The Bertz CT molecular complexity index is 796. The van der Waals surface area contributed by atoms with E-state index in [-0.39, 0.29) is 28.3 Å². The fraction of sp³-hybridized carbons (Fsp3) is 0.462. The summed E-state index contributed by atoms with van der Waals surface area (Å²) in [7, 11) is -6.27. The number of nitrogens with zero attached hydrogens (tertiary/aromatic N) is 1. The molecule has 0 aliphatic heterocycles. The number of aliphatic carboxylic acids is 1. The lowest BCUT2D eigenvalue weighted by atomic mass is 10.2. The molecule has 1 aromatic rings. The molecule has 0 atom stereocenters. The summed E-state index contributed by atoms with van der Waals surface area (Å²) in [5, 5.41) is 8.65. The number of carbonyl (C=O) groups is 1. The maximum Gasteiger partial charge on any atom is 0.304 e. The molecule has 0 aromatic heterocycles. The summed E-state index contributed by atoms with van der Waals surface area (Å²) in [4.78, 5) is 10.4. The number of sulfone groups is 1. The first-order valence-electron chi connectivity index (χ1n) is 6.37. The predicted molar refractivity (Wildman–Crippen MR) is 81.1 cm³/mol. The van der Waals surface area contributed by atoms with Crippen LogP contribution in [-0.2, 0) is 24.7 Å². The Morgan fingerprint density at radius 2 is 1.64 bits per heavy atom. The number of carboxylic acid groups (broad SMARTS) is 1. The SMILES string of the molecule is Cc1cc(S(C)(=O)=O)c(C)c(S(=O)(=O)N(C)CCC(=O)O)c1. The minimum Gasteiger partial charge on any atom is -0.481 e. The molecule has 0 fully saturated rings. The smallest absolute Gasteiger partial charge is 0.304 e. The van der Waals surface area contributed by atoms with E-state index in [1.807, 2.05) is 0 Å². The molecule has 0 spiro atoms. The van der Waals surface area contributed by atoms with Gasteiger partial charge in [-0.1, -0.05) is 0 Å². The Labute approximate surface area is 130 Å². The van der Waals surface area contributed by atoms with Gasteiger partial charge in [0.25, 0.3) is 0 Å². The van der Waals surface area contributed by atoms with Gasteiger partial charge in [0.05, 0.1) is 16.2 Å². The van der Waals surface area contributed by atoms with E-state index in [1.54, 1.807) is 6.92 Å². The Kier molecular flexibility index (Phi) is 5.37. The van der Waals surface area contributed by atoms with Crippen molar-refractivity contribution in [3.63, 3.8) is 0 Å². The van der Waals surface area contributed by atoms with Gasteiger partial charge in [-0.05, 0) is 37.1 Å². The molecule has 0 radical (unpaired) electrons. The van der Waals surface area contributed by atoms with Crippen molar-refractivity contribution in [1.29, 1.82) is 0 Å². The van der Waals surface area contributed by atoms with Crippen LogP contribution in [0.2, 0.25) is 0 Å². The van der Waals surface area contributed by atoms with Crippen molar-refractivity contribution in [1.82, 2.24) is 4.31 Å². The second-order valence-corrected chi connectivity index (χ2v) is 9.13. The van der Waals surface area contributed by atoms with Gasteiger partial charge in [0.1, 0.15) is 0 Å².